The van der Waals surface area contributed by atoms with Gasteiger partial charge in [0.15, 0.2) is 5.43 Å². The molecule has 4 rings (SSSR count). The fourth-order valence-corrected chi connectivity index (χ4v) is 3.90. The van der Waals surface area contributed by atoms with Gasteiger partial charge >= 0.3 is 12.3 Å². The number of pyridine rings is 1. The Morgan fingerprint density at radius 3 is 2.47 bits per heavy atom. The third-order valence-corrected chi connectivity index (χ3v) is 5.42. The molecule has 0 radical (unpaired) electrons. The number of benzene rings is 1. The summed E-state index contributed by atoms with van der Waals surface area (Å²) >= 11 is 0. The quantitative estimate of drug-likeness (QED) is 0.635. The van der Waals surface area contributed by atoms with E-state index < -0.39 is 17.8 Å². The molecule has 0 aliphatic carbocycles. The second kappa shape index (κ2) is 7.25. The van der Waals surface area contributed by atoms with Crippen LogP contribution in [0.1, 0.15) is 37.2 Å². The van der Waals surface area contributed by atoms with Gasteiger partial charge in [0, 0.05) is 17.8 Å². The normalized spacial score (nSPS) is 15.8. The minimum absolute atomic E-state index is 0.148. The number of carbonyl (C=O) groups is 1. The summed E-state index contributed by atoms with van der Waals surface area (Å²) < 4.78 is 46.1. The number of hydrogen-bond acceptors (Lipinski definition) is 4. The second-order valence-electron chi connectivity index (χ2n) is 8.67. The lowest BCUT2D eigenvalue weighted by Crippen LogP contribution is -2.35. The van der Waals surface area contributed by atoms with Crippen molar-refractivity contribution in [3.8, 4) is 28.4 Å². The Morgan fingerprint density at radius 1 is 1.16 bits per heavy atom. The maximum atomic E-state index is 12.9. The van der Waals surface area contributed by atoms with E-state index in [1.807, 2.05) is 20.8 Å². The number of carboxylic acids is 1. The standard InChI is InChI=1S/C22H20F3N3O4/c1-21(2,3)19-11-28-16(15-9-17(29)13(20(30)31)10-27(15)19)8-14(26-28)12-6-4-5-7-18(12)32-22(23,24)25/h4-10,19H,11H2,1-3H3,(H,30,31)/t19-/m0/s1. The van der Waals surface area contributed by atoms with Gasteiger partial charge in [-0.15, -0.1) is 13.2 Å². The van der Waals surface area contributed by atoms with Crippen LogP contribution in [0.2, 0.25) is 0 Å². The summed E-state index contributed by atoms with van der Waals surface area (Å²) in [5.74, 6) is -1.71. The molecule has 32 heavy (non-hydrogen) atoms. The van der Waals surface area contributed by atoms with Crippen LogP contribution in [0.15, 0.2) is 47.4 Å². The largest absolute Gasteiger partial charge is 0.573 e. The Bertz CT molecular complexity index is 1270. The smallest absolute Gasteiger partial charge is 0.477 e. The first-order valence-electron chi connectivity index (χ1n) is 9.78. The highest BCUT2D eigenvalue weighted by molar-refractivity contribution is 5.87. The molecule has 1 aliphatic heterocycles. The third kappa shape index (κ3) is 3.88. The van der Waals surface area contributed by atoms with Crippen molar-refractivity contribution in [2.75, 3.05) is 0 Å². The molecule has 0 fully saturated rings. The molecule has 1 aliphatic rings. The average Bonchev–Trinajstić information content (AvgIpc) is 3.09. The Kier molecular flexibility index (Phi) is 4.91. The van der Waals surface area contributed by atoms with E-state index in [-0.39, 0.29) is 34.0 Å². The zero-order chi connectivity index (χ0) is 23.4. The van der Waals surface area contributed by atoms with E-state index in [1.54, 1.807) is 21.4 Å². The number of para-hydroxylation sites is 1. The van der Waals surface area contributed by atoms with Gasteiger partial charge in [0.1, 0.15) is 11.3 Å². The molecular formula is C22H20F3N3O4. The fourth-order valence-electron chi connectivity index (χ4n) is 3.90. The molecule has 10 heteroatoms. The predicted molar refractivity (Wildman–Crippen MR) is 109 cm³/mol. The topological polar surface area (TPSA) is 86.3 Å². The first-order chi connectivity index (χ1) is 14.8. The number of aromatic nitrogens is 3. The molecule has 0 saturated carbocycles. The molecule has 0 amide bonds. The number of nitrogens with zero attached hydrogens (tertiary/aromatic N) is 3. The van der Waals surface area contributed by atoms with Gasteiger partial charge in [-0.2, -0.15) is 5.10 Å². The summed E-state index contributed by atoms with van der Waals surface area (Å²) in [6.07, 6.45) is -3.53. The summed E-state index contributed by atoms with van der Waals surface area (Å²) in [7, 11) is 0. The summed E-state index contributed by atoms with van der Waals surface area (Å²) in [5.41, 5.74) is -0.00410. The molecule has 0 bridgehead atoms. The molecule has 3 aromatic rings. The second-order valence-corrected chi connectivity index (χ2v) is 8.67. The Balaban J connectivity index is 1.90. The lowest BCUT2D eigenvalue weighted by Gasteiger charge is -2.38. The molecule has 1 atom stereocenters. The van der Waals surface area contributed by atoms with Crippen LogP contribution in [-0.2, 0) is 6.54 Å². The van der Waals surface area contributed by atoms with E-state index in [0.717, 1.165) is 0 Å². The van der Waals surface area contributed by atoms with Crippen molar-refractivity contribution >= 4 is 5.97 Å². The van der Waals surface area contributed by atoms with Crippen molar-refractivity contribution in [1.29, 1.82) is 0 Å². The molecule has 7 nitrogen and oxygen atoms in total. The predicted octanol–water partition coefficient (Wildman–Crippen LogP) is 4.58. The number of aromatic carboxylic acids is 1. The van der Waals surface area contributed by atoms with Crippen molar-refractivity contribution < 1.29 is 27.8 Å². The molecule has 2 aromatic heterocycles. The van der Waals surface area contributed by atoms with Crippen LogP contribution in [-0.4, -0.2) is 31.8 Å². The third-order valence-electron chi connectivity index (χ3n) is 5.42. The highest BCUT2D eigenvalue weighted by atomic mass is 19.4. The van der Waals surface area contributed by atoms with Gasteiger partial charge in [0.2, 0.25) is 0 Å². The molecule has 3 heterocycles. The number of halogens is 3. The van der Waals surface area contributed by atoms with Crippen LogP contribution >= 0.6 is 0 Å². The average molecular weight is 447 g/mol. The van der Waals surface area contributed by atoms with Gasteiger partial charge in [-0.05, 0) is 23.6 Å². The molecule has 168 valence electrons. The molecule has 0 saturated heterocycles. The van der Waals surface area contributed by atoms with Crippen molar-refractivity contribution in [2.45, 2.75) is 39.7 Å². The monoisotopic (exact) mass is 447 g/mol. The summed E-state index contributed by atoms with van der Waals surface area (Å²) in [6.45, 7) is 6.27. The van der Waals surface area contributed by atoms with E-state index in [2.05, 4.69) is 9.84 Å². The molecule has 0 spiro atoms. The maximum Gasteiger partial charge on any atom is 0.573 e. The minimum atomic E-state index is -4.86. The fraction of sp³-hybridized carbons (Fsp3) is 0.318. The maximum absolute atomic E-state index is 12.9. The van der Waals surface area contributed by atoms with E-state index >= 15 is 0 Å². The number of ether oxygens (including phenoxy) is 1. The molecular weight excluding hydrogens is 427 g/mol. The molecule has 1 N–H and O–H groups in total. The zero-order valence-electron chi connectivity index (χ0n) is 17.5. The van der Waals surface area contributed by atoms with Gasteiger partial charge in [-0.1, -0.05) is 32.9 Å². The number of carboxylic acid groups (broad SMARTS) is 1. The lowest BCUT2D eigenvalue weighted by molar-refractivity contribution is -0.274. The van der Waals surface area contributed by atoms with Crippen LogP contribution in [0.4, 0.5) is 13.2 Å². The Labute approximate surface area is 180 Å². The highest BCUT2D eigenvalue weighted by Gasteiger charge is 2.36. The van der Waals surface area contributed by atoms with Gasteiger partial charge in [0.05, 0.1) is 29.7 Å². The van der Waals surface area contributed by atoms with Crippen molar-refractivity contribution in [3.63, 3.8) is 0 Å². The van der Waals surface area contributed by atoms with Gasteiger partial charge in [-0.25, -0.2) is 4.79 Å². The SMILES string of the molecule is CC(C)(C)[C@@H]1Cn2nc(-c3ccccc3OC(F)(F)F)cc2-c2cc(=O)c(C(=O)O)cn21. The van der Waals surface area contributed by atoms with Crippen LogP contribution in [0.25, 0.3) is 22.6 Å². The van der Waals surface area contributed by atoms with E-state index in [9.17, 15) is 27.9 Å². The summed E-state index contributed by atoms with van der Waals surface area (Å²) in [4.78, 5) is 23.9. The Morgan fingerprint density at radius 2 is 1.84 bits per heavy atom. The van der Waals surface area contributed by atoms with Crippen molar-refractivity contribution in [1.82, 2.24) is 14.3 Å². The Hall–Kier alpha value is -3.56. The summed E-state index contributed by atoms with van der Waals surface area (Å²) in [5, 5.41) is 13.9. The molecule has 0 unspecified atom stereocenters. The van der Waals surface area contributed by atoms with Gasteiger partial charge < -0.3 is 14.4 Å². The van der Waals surface area contributed by atoms with Gasteiger partial charge in [-0.3, -0.25) is 9.48 Å². The van der Waals surface area contributed by atoms with E-state index in [0.29, 0.717) is 17.9 Å². The summed E-state index contributed by atoms with van der Waals surface area (Å²) in [6, 6.07) is 8.23. The van der Waals surface area contributed by atoms with E-state index in [4.69, 9.17) is 0 Å². The first-order valence-corrected chi connectivity index (χ1v) is 9.78. The highest BCUT2D eigenvalue weighted by Crippen LogP contribution is 2.41. The number of hydrogen-bond donors (Lipinski definition) is 1. The lowest BCUT2D eigenvalue weighted by atomic mass is 9.85. The number of fused-ring (bicyclic) bond motifs is 3. The van der Waals surface area contributed by atoms with Crippen LogP contribution in [0.5, 0.6) is 5.75 Å². The van der Waals surface area contributed by atoms with Crippen LogP contribution < -0.4 is 10.2 Å². The van der Waals surface area contributed by atoms with Gasteiger partial charge in [0.25, 0.3) is 0 Å². The number of alkyl halides is 3. The van der Waals surface area contributed by atoms with Crippen molar-refractivity contribution in [3.05, 3.63) is 58.4 Å². The van der Waals surface area contributed by atoms with Crippen LogP contribution in [0, 0.1) is 5.41 Å². The molecule has 1 aromatic carbocycles. The minimum Gasteiger partial charge on any atom is -0.477 e. The van der Waals surface area contributed by atoms with Crippen molar-refractivity contribution in [2.24, 2.45) is 5.41 Å². The van der Waals surface area contributed by atoms with Crippen LogP contribution in [0.3, 0.4) is 0 Å². The van der Waals surface area contributed by atoms with E-state index in [1.165, 1.54) is 30.5 Å². The first kappa shape index (κ1) is 21.7. The zero-order valence-corrected chi connectivity index (χ0v) is 17.5. The number of rotatable bonds is 3.